The maximum Gasteiger partial charge on any atom is 0.157 e. The van der Waals surface area contributed by atoms with Crippen molar-refractivity contribution in [1.82, 2.24) is 0 Å². The van der Waals surface area contributed by atoms with E-state index < -0.39 is 9.84 Å². The number of nitrogens with two attached hydrogens (primary N) is 1. The van der Waals surface area contributed by atoms with Gasteiger partial charge in [-0.25, -0.2) is 8.42 Å². The summed E-state index contributed by atoms with van der Waals surface area (Å²) in [5.41, 5.74) is 6.67. The summed E-state index contributed by atoms with van der Waals surface area (Å²) in [5.74, 6) is 0.127. The van der Waals surface area contributed by atoms with E-state index in [1.54, 1.807) is 13.8 Å². The Morgan fingerprint density at radius 1 is 1.28 bits per heavy atom. The summed E-state index contributed by atoms with van der Waals surface area (Å²) >= 11 is 1.54. The Bertz CT molecular complexity index is 657. The molecule has 0 spiro atoms. The summed E-state index contributed by atoms with van der Waals surface area (Å²) in [7, 11) is -3.03. The van der Waals surface area contributed by atoms with Gasteiger partial charge in [-0.3, -0.25) is 0 Å². The number of benzene rings is 1. The number of rotatable bonds is 4. The number of sulfone groups is 1. The highest BCUT2D eigenvalue weighted by Crippen LogP contribution is 2.28. The quantitative estimate of drug-likeness (QED) is 0.938. The summed E-state index contributed by atoms with van der Waals surface area (Å²) in [6.45, 7) is 3.94. The molecule has 0 aliphatic carbocycles. The van der Waals surface area contributed by atoms with Crippen LogP contribution in [0.1, 0.15) is 24.3 Å². The molecular formula is C13H17NO2S2. The van der Waals surface area contributed by atoms with E-state index in [1.807, 2.05) is 24.3 Å². The highest BCUT2D eigenvalue weighted by Gasteiger charge is 2.18. The normalized spacial score (nSPS) is 12.4. The Balaban J connectivity index is 2.36. The molecule has 0 amide bonds. The van der Waals surface area contributed by atoms with Gasteiger partial charge in [0, 0.05) is 16.1 Å². The van der Waals surface area contributed by atoms with Crippen molar-refractivity contribution in [2.24, 2.45) is 5.73 Å². The third kappa shape index (κ3) is 2.74. The molecule has 1 heterocycles. The van der Waals surface area contributed by atoms with Gasteiger partial charge < -0.3 is 5.73 Å². The van der Waals surface area contributed by atoms with Gasteiger partial charge in [-0.15, -0.1) is 11.3 Å². The van der Waals surface area contributed by atoms with Crippen LogP contribution in [0.2, 0.25) is 0 Å². The fourth-order valence-corrected chi connectivity index (χ4v) is 4.16. The summed E-state index contributed by atoms with van der Waals surface area (Å²) in [6, 6.07) is 7.97. The average Bonchev–Trinajstić information content (AvgIpc) is 2.68. The fourth-order valence-electron chi connectivity index (χ4n) is 1.69. The summed E-state index contributed by atoms with van der Waals surface area (Å²) < 4.78 is 24.9. The van der Waals surface area contributed by atoms with Crippen molar-refractivity contribution >= 4 is 31.3 Å². The average molecular weight is 283 g/mol. The molecule has 0 aliphatic rings. The Hall–Kier alpha value is -0.910. The van der Waals surface area contributed by atoms with Crippen molar-refractivity contribution in [1.29, 1.82) is 0 Å². The molecule has 3 nitrogen and oxygen atoms in total. The van der Waals surface area contributed by atoms with E-state index in [0.717, 1.165) is 20.5 Å². The second kappa shape index (κ2) is 4.99. The third-order valence-electron chi connectivity index (χ3n) is 2.93. The van der Waals surface area contributed by atoms with E-state index in [0.29, 0.717) is 6.54 Å². The molecule has 0 saturated heterocycles. The molecule has 0 unspecified atom stereocenters. The minimum Gasteiger partial charge on any atom is -0.326 e. The summed E-state index contributed by atoms with van der Waals surface area (Å²) in [5, 5.41) is 0.758. The predicted molar refractivity (Wildman–Crippen MR) is 77.5 cm³/mol. The lowest BCUT2D eigenvalue weighted by molar-refractivity contribution is 0.587. The molecule has 2 N–H and O–H groups in total. The van der Waals surface area contributed by atoms with Crippen LogP contribution >= 0.6 is 11.3 Å². The Morgan fingerprint density at radius 3 is 2.61 bits per heavy atom. The lowest BCUT2D eigenvalue weighted by Gasteiger charge is -2.04. The van der Waals surface area contributed by atoms with Crippen LogP contribution in [0.25, 0.3) is 10.1 Å². The molecule has 1 aromatic carbocycles. The maximum absolute atomic E-state index is 11.9. The van der Waals surface area contributed by atoms with Crippen LogP contribution in [0.15, 0.2) is 24.3 Å². The molecule has 1 aromatic heterocycles. The van der Waals surface area contributed by atoms with Gasteiger partial charge in [-0.05, 0) is 36.9 Å². The smallest absolute Gasteiger partial charge is 0.157 e. The third-order valence-corrected chi connectivity index (χ3v) is 6.36. The second-order valence-corrected chi connectivity index (χ2v) is 8.37. The van der Waals surface area contributed by atoms with Crippen molar-refractivity contribution in [3.63, 3.8) is 0 Å². The standard InChI is InChI=1S/C13H17NO2S2/c1-9(2)18(15,16)8-12-6-11-4-3-10(7-14)5-13(11)17-12/h3-6,9H,7-8,14H2,1-2H3. The maximum atomic E-state index is 11.9. The Kier molecular flexibility index (Phi) is 3.75. The van der Waals surface area contributed by atoms with Gasteiger partial charge in [0.15, 0.2) is 9.84 Å². The second-order valence-electron chi connectivity index (χ2n) is 4.64. The van der Waals surface area contributed by atoms with Gasteiger partial charge in [-0.1, -0.05) is 12.1 Å². The number of hydrogen-bond acceptors (Lipinski definition) is 4. The number of hydrogen-bond donors (Lipinski definition) is 1. The van der Waals surface area contributed by atoms with Gasteiger partial charge in [-0.2, -0.15) is 0 Å². The molecule has 0 radical (unpaired) electrons. The zero-order chi connectivity index (χ0) is 13.3. The molecule has 18 heavy (non-hydrogen) atoms. The summed E-state index contributed by atoms with van der Waals surface area (Å²) in [6.07, 6.45) is 0. The lowest BCUT2D eigenvalue weighted by Crippen LogP contribution is -2.15. The first-order chi connectivity index (χ1) is 8.42. The van der Waals surface area contributed by atoms with Crippen LogP contribution in [0.4, 0.5) is 0 Å². The molecular weight excluding hydrogens is 266 g/mol. The first kappa shape index (κ1) is 13.5. The molecule has 2 rings (SSSR count). The van der Waals surface area contributed by atoms with Crippen molar-refractivity contribution < 1.29 is 8.42 Å². The van der Waals surface area contributed by atoms with E-state index in [9.17, 15) is 8.42 Å². The van der Waals surface area contributed by atoms with Crippen LogP contribution in [0.3, 0.4) is 0 Å². The first-order valence-electron chi connectivity index (χ1n) is 5.85. The van der Waals surface area contributed by atoms with Crippen molar-refractivity contribution in [3.8, 4) is 0 Å². The molecule has 0 aliphatic heterocycles. The van der Waals surface area contributed by atoms with E-state index in [4.69, 9.17) is 5.73 Å². The molecule has 0 atom stereocenters. The van der Waals surface area contributed by atoms with Gasteiger partial charge in [0.2, 0.25) is 0 Å². The van der Waals surface area contributed by atoms with E-state index in [-0.39, 0.29) is 11.0 Å². The van der Waals surface area contributed by atoms with Crippen LogP contribution in [-0.4, -0.2) is 13.7 Å². The molecule has 2 aromatic rings. The van der Waals surface area contributed by atoms with Crippen LogP contribution in [0.5, 0.6) is 0 Å². The van der Waals surface area contributed by atoms with E-state index in [2.05, 4.69) is 0 Å². The lowest BCUT2D eigenvalue weighted by atomic mass is 10.2. The van der Waals surface area contributed by atoms with E-state index >= 15 is 0 Å². The van der Waals surface area contributed by atoms with Gasteiger partial charge in [0.1, 0.15) is 0 Å². The highest BCUT2D eigenvalue weighted by molar-refractivity contribution is 7.91. The zero-order valence-electron chi connectivity index (χ0n) is 10.5. The topological polar surface area (TPSA) is 60.2 Å². The number of fused-ring (bicyclic) bond motifs is 1. The van der Waals surface area contributed by atoms with Gasteiger partial charge >= 0.3 is 0 Å². The predicted octanol–water partition coefficient (Wildman–Crippen LogP) is 2.68. The molecule has 5 heteroatoms. The Morgan fingerprint density at radius 2 is 2.00 bits per heavy atom. The van der Waals surface area contributed by atoms with Crippen LogP contribution in [-0.2, 0) is 22.1 Å². The molecule has 0 fully saturated rings. The van der Waals surface area contributed by atoms with Gasteiger partial charge in [0.25, 0.3) is 0 Å². The van der Waals surface area contributed by atoms with Crippen molar-refractivity contribution in [2.45, 2.75) is 31.4 Å². The highest BCUT2D eigenvalue weighted by atomic mass is 32.2. The Labute approximate surface area is 112 Å². The van der Waals surface area contributed by atoms with E-state index in [1.165, 1.54) is 11.3 Å². The molecule has 0 bridgehead atoms. The monoisotopic (exact) mass is 283 g/mol. The minimum atomic E-state index is -3.03. The van der Waals surface area contributed by atoms with Gasteiger partial charge in [0.05, 0.1) is 11.0 Å². The van der Waals surface area contributed by atoms with Crippen molar-refractivity contribution in [3.05, 3.63) is 34.7 Å². The largest absolute Gasteiger partial charge is 0.326 e. The number of thiophene rings is 1. The van der Waals surface area contributed by atoms with Crippen molar-refractivity contribution in [2.75, 3.05) is 0 Å². The minimum absolute atomic E-state index is 0.127. The van der Waals surface area contributed by atoms with Crippen LogP contribution in [0, 0.1) is 0 Å². The molecule has 98 valence electrons. The van der Waals surface area contributed by atoms with Crippen LogP contribution < -0.4 is 5.73 Å². The zero-order valence-corrected chi connectivity index (χ0v) is 12.1. The fraction of sp³-hybridized carbons (Fsp3) is 0.385. The summed E-state index contributed by atoms with van der Waals surface area (Å²) in [4.78, 5) is 0.896. The molecule has 0 saturated carbocycles. The first-order valence-corrected chi connectivity index (χ1v) is 8.38. The SMILES string of the molecule is CC(C)S(=O)(=O)Cc1cc2ccc(CN)cc2s1.